The van der Waals surface area contributed by atoms with E-state index in [2.05, 4.69) is 31.7 Å². The predicted molar refractivity (Wildman–Crippen MR) is 92.9 cm³/mol. The molecule has 0 spiro atoms. The molecule has 21 heavy (non-hydrogen) atoms. The number of hydrogen-bond acceptors (Lipinski definition) is 3. The number of halogens is 1. The number of phenols is 1. The lowest BCUT2D eigenvalue weighted by molar-refractivity contribution is 0.245. The monoisotopic (exact) mass is 357 g/mol. The average Bonchev–Trinajstić information content (AvgIpc) is 2.81. The van der Waals surface area contributed by atoms with Crippen LogP contribution < -0.4 is 4.74 Å². The summed E-state index contributed by atoms with van der Waals surface area (Å²) in [5, 5.41) is 9.88. The van der Waals surface area contributed by atoms with Crippen molar-refractivity contribution in [1.29, 1.82) is 0 Å². The van der Waals surface area contributed by atoms with E-state index in [0.29, 0.717) is 5.75 Å². The molecule has 0 fully saturated rings. The third-order valence-corrected chi connectivity index (χ3v) is 3.92. The Hall–Kier alpha value is -0.740. The van der Waals surface area contributed by atoms with Gasteiger partial charge in [0, 0.05) is 18.5 Å². The zero-order valence-electron chi connectivity index (χ0n) is 13.4. The van der Waals surface area contributed by atoms with E-state index < -0.39 is 0 Å². The molecule has 0 aliphatic carbocycles. The number of hydrogen-bond donors (Lipinski definition) is 1. The molecule has 1 atom stereocenters. The summed E-state index contributed by atoms with van der Waals surface area (Å²) in [6, 6.07) is 3.84. The molecule has 1 N–H and O–H groups in total. The lowest BCUT2D eigenvalue weighted by Gasteiger charge is -2.21. The van der Waals surface area contributed by atoms with E-state index in [1.807, 2.05) is 0 Å². The molecule has 1 aliphatic heterocycles. The van der Waals surface area contributed by atoms with E-state index in [9.17, 15) is 5.11 Å². The van der Waals surface area contributed by atoms with Crippen LogP contribution in [0.25, 0.3) is 0 Å². The van der Waals surface area contributed by atoms with Gasteiger partial charge < -0.3 is 14.7 Å². The van der Waals surface area contributed by atoms with Crippen molar-refractivity contribution in [3.63, 3.8) is 0 Å². The summed E-state index contributed by atoms with van der Waals surface area (Å²) < 4.78 is 5.72. The SMILES string of the molecule is Br.CCCN(CCC)CCc1ccc(O)c2c1CC(C)O2. The van der Waals surface area contributed by atoms with Gasteiger partial charge in [-0.15, -0.1) is 17.0 Å². The first-order chi connectivity index (χ1) is 9.65. The van der Waals surface area contributed by atoms with Gasteiger partial charge in [-0.25, -0.2) is 0 Å². The van der Waals surface area contributed by atoms with Crippen molar-refractivity contribution >= 4 is 17.0 Å². The maximum atomic E-state index is 9.88. The molecule has 0 amide bonds. The number of fused-ring (bicyclic) bond motifs is 1. The largest absolute Gasteiger partial charge is 0.504 e. The standard InChI is InChI=1S/C17H27NO2.BrH/c1-4-9-18(10-5-2)11-8-14-6-7-16(19)17-15(14)12-13(3)20-17;/h6-7,13,19H,4-5,8-12H2,1-3H3;1H. The fourth-order valence-electron chi connectivity index (χ4n) is 3.02. The van der Waals surface area contributed by atoms with E-state index in [1.54, 1.807) is 6.07 Å². The normalized spacial score (nSPS) is 16.5. The average molecular weight is 358 g/mol. The molecule has 1 aromatic carbocycles. The van der Waals surface area contributed by atoms with E-state index in [1.165, 1.54) is 37.1 Å². The maximum Gasteiger partial charge on any atom is 0.164 e. The molecule has 4 heteroatoms. The molecule has 2 rings (SSSR count). The molecule has 1 unspecified atom stereocenters. The van der Waals surface area contributed by atoms with Crippen LogP contribution in [0.1, 0.15) is 44.7 Å². The van der Waals surface area contributed by atoms with Gasteiger partial charge in [-0.3, -0.25) is 0 Å². The molecule has 1 aliphatic rings. The Morgan fingerprint density at radius 1 is 1.19 bits per heavy atom. The zero-order chi connectivity index (χ0) is 14.5. The van der Waals surface area contributed by atoms with Gasteiger partial charge in [0.15, 0.2) is 11.5 Å². The van der Waals surface area contributed by atoms with Crippen molar-refractivity contribution in [2.45, 2.75) is 52.6 Å². The van der Waals surface area contributed by atoms with Gasteiger partial charge in [-0.2, -0.15) is 0 Å². The summed E-state index contributed by atoms with van der Waals surface area (Å²) >= 11 is 0. The van der Waals surface area contributed by atoms with Gasteiger partial charge in [-0.1, -0.05) is 19.9 Å². The van der Waals surface area contributed by atoms with Crippen LogP contribution in [0.3, 0.4) is 0 Å². The van der Waals surface area contributed by atoms with E-state index >= 15 is 0 Å². The van der Waals surface area contributed by atoms with E-state index in [-0.39, 0.29) is 28.8 Å². The quantitative estimate of drug-likeness (QED) is 0.801. The minimum atomic E-state index is 0. The Morgan fingerprint density at radius 2 is 1.86 bits per heavy atom. The number of benzene rings is 1. The Kier molecular flexibility index (Phi) is 7.53. The first kappa shape index (κ1) is 18.3. The molecule has 1 heterocycles. The predicted octanol–water partition coefficient (Wildman–Crippen LogP) is 3.96. The first-order valence-corrected chi connectivity index (χ1v) is 7.88. The van der Waals surface area contributed by atoms with Crippen LogP contribution in [0, 0.1) is 0 Å². The summed E-state index contributed by atoms with van der Waals surface area (Å²) in [5.41, 5.74) is 2.55. The van der Waals surface area contributed by atoms with Crippen LogP contribution >= 0.6 is 17.0 Å². The topological polar surface area (TPSA) is 32.7 Å². The number of rotatable bonds is 7. The second kappa shape index (κ2) is 8.64. The van der Waals surface area contributed by atoms with E-state index in [0.717, 1.165) is 19.4 Å². The minimum Gasteiger partial charge on any atom is -0.504 e. The van der Waals surface area contributed by atoms with Crippen molar-refractivity contribution in [1.82, 2.24) is 4.90 Å². The third-order valence-electron chi connectivity index (χ3n) is 3.92. The van der Waals surface area contributed by atoms with Crippen LogP contribution in [0.5, 0.6) is 11.5 Å². The molecule has 0 saturated heterocycles. The Labute approximate surface area is 139 Å². The van der Waals surface area contributed by atoms with Crippen molar-refractivity contribution in [2.75, 3.05) is 19.6 Å². The fourth-order valence-corrected chi connectivity index (χ4v) is 3.02. The van der Waals surface area contributed by atoms with Crippen LogP contribution in [-0.4, -0.2) is 35.7 Å². The number of aromatic hydroxyl groups is 1. The van der Waals surface area contributed by atoms with Crippen LogP contribution in [0.15, 0.2) is 12.1 Å². The number of ether oxygens (including phenoxy) is 1. The smallest absolute Gasteiger partial charge is 0.164 e. The molecular formula is C17H28BrNO2. The van der Waals surface area contributed by atoms with Crippen molar-refractivity contribution < 1.29 is 9.84 Å². The summed E-state index contributed by atoms with van der Waals surface area (Å²) in [7, 11) is 0. The number of phenolic OH excluding ortho intramolecular Hbond substituents is 1. The van der Waals surface area contributed by atoms with Crippen molar-refractivity contribution in [2.24, 2.45) is 0 Å². The lowest BCUT2D eigenvalue weighted by atomic mass is 10.00. The van der Waals surface area contributed by atoms with Gasteiger partial charge in [0.1, 0.15) is 6.10 Å². The molecule has 120 valence electrons. The molecule has 0 bridgehead atoms. The van der Waals surface area contributed by atoms with Gasteiger partial charge in [0.25, 0.3) is 0 Å². The highest BCUT2D eigenvalue weighted by Crippen LogP contribution is 2.39. The highest BCUT2D eigenvalue weighted by atomic mass is 79.9. The third kappa shape index (κ3) is 4.62. The maximum absolute atomic E-state index is 9.88. The van der Waals surface area contributed by atoms with Crippen LogP contribution in [-0.2, 0) is 12.8 Å². The molecule has 0 aromatic heterocycles. The Bertz CT molecular complexity index is 445. The summed E-state index contributed by atoms with van der Waals surface area (Å²) in [6.07, 6.45) is 4.54. The molecule has 0 saturated carbocycles. The van der Waals surface area contributed by atoms with Crippen LogP contribution in [0.2, 0.25) is 0 Å². The first-order valence-electron chi connectivity index (χ1n) is 7.88. The summed E-state index contributed by atoms with van der Waals surface area (Å²) in [4.78, 5) is 2.53. The van der Waals surface area contributed by atoms with Gasteiger partial charge >= 0.3 is 0 Å². The zero-order valence-corrected chi connectivity index (χ0v) is 15.1. The lowest BCUT2D eigenvalue weighted by Crippen LogP contribution is -2.28. The molecule has 3 nitrogen and oxygen atoms in total. The summed E-state index contributed by atoms with van der Waals surface area (Å²) in [6.45, 7) is 9.95. The highest BCUT2D eigenvalue weighted by molar-refractivity contribution is 8.93. The Morgan fingerprint density at radius 3 is 2.48 bits per heavy atom. The van der Waals surface area contributed by atoms with Gasteiger partial charge in [-0.05, 0) is 50.9 Å². The number of nitrogens with zero attached hydrogens (tertiary/aromatic N) is 1. The van der Waals surface area contributed by atoms with E-state index in [4.69, 9.17) is 4.74 Å². The second-order valence-electron chi connectivity index (χ2n) is 5.78. The molecular weight excluding hydrogens is 330 g/mol. The summed E-state index contributed by atoms with van der Waals surface area (Å²) in [5.74, 6) is 1.000. The molecule has 1 aromatic rings. The molecule has 0 radical (unpaired) electrons. The second-order valence-corrected chi connectivity index (χ2v) is 5.78. The Balaban J connectivity index is 0.00000220. The van der Waals surface area contributed by atoms with Crippen molar-refractivity contribution in [3.05, 3.63) is 23.3 Å². The van der Waals surface area contributed by atoms with Gasteiger partial charge in [0.05, 0.1) is 0 Å². The van der Waals surface area contributed by atoms with Gasteiger partial charge in [0.2, 0.25) is 0 Å². The highest BCUT2D eigenvalue weighted by Gasteiger charge is 2.25. The van der Waals surface area contributed by atoms with Crippen LogP contribution in [0.4, 0.5) is 0 Å². The van der Waals surface area contributed by atoms with Crippen molar-refractivity contribution in [3.8, 4) is 11.5 Å². The minimum absolute atomic E-state index is 0. The fraction of sp³-hybridized carbons (Fsp3) is 0.647.